The van der Waals surface area contributed by atoms with Crippen molar-refractivity contribution in [2.24, 2.45) is 5.73 Å². The Bertz CT molecular complexity index is 371. The first-order valence-electron chi connectivity index (χ1n) is 6.41. The summed E-state index contributed by atoms with van der Waals surface area (Å²) < 4.78 is 16.0. The molecule has 0 aliphatic carbocycles. The summed E-state index contributed by atoms with van der Waals surface area (Å²) in [4.78, 5) is 2.26. The largest absolute Gasteiger partial charge is 0.493 e. The molecule has 2 N–H and O–H groups in total. The third kappa shape index (κ3) is 4.01. The number of nitrogens with two attached hydrogens (primary N) is 1. The van der Waals surface area contributed by atoms with Gasteiger partial charge in [0.2, 0.25) is 5.75 Å². The Balaban J connectivity index is 3.01. The maximum Gasteiger partial charge on any atom is 0.203 e. The van der Waals surface area contributed by atoms with E-state index in [1.807, 2.05) is 12.1 Å². The van der Waals surface area contributed by atoms with Crippen LogP contribution in [0.3, 0.4) is 0 Å². The van der Waals surface area contributed by atoms with Gasteiger partial charge in [0.25, 0.3) is 0 Å². The molecule has 0 amide bonds. The minimum Gasteiger partial charge on any atom is -0.493 e. The number of benzene rings is 1. The molecule has 0 bridgehead atoms. The van der Waals surface area contributed by atoms with Gasteiger partial charge in [0.1, 0.15) is 0 Å². The van der Waals surface area contributed by atoms with Crippen molar-refractivity contribution in [3.05, 3.63) is 17.7 Å². The smallest absolute Gasteiger partial charge is 0.203 e. The number of likely N-dealkylation sites (N-methyl/N-ethyl adjacent to an activating group) is 1. The van der Waals surface area contributed by atoms with Crippen LogP contribution in [0.15, 0.2) is 12.1 Å². The van der Waals surface area contributed by atoms with Crippen LogP contribution in [0, 0.1) is 0 Å². The van der Waals surface area contributed by atoms with Gasteiger partial charge in [0.15, 0.2) is 11.5 Å². The predicted octanol–water partition coefficient (Wildman–Crippen LogP) is 1.49. The van der Waals surface area contributed by atoms with Crippen LogP contribution in [-0.2, 0) is 6.54 Å². The van der Waals surface area contributed by atoms with Crippen molar-refractivity contribution >= 4 is 0 Å². The minimum atomic E-state index is 0.621. The maximum absolute atomic E-state index is 5.61. The maximum atomic E-state index is 5.61. The molecule has 0 aliphatic heterocycles. The van der Waals surface area contributed by atoms with Gasteiger partial charge in [-0.05, 0) is 24.2 Å². The van der Waals surface area contributed by atoms with Gasteiger partial charge < -0.3 is 19.9 Å². The van der Waals surface area contributed by atoms with E-state index >= 15 is 0 Å². The van der Waals surface area contributed by atoms with Gasteiger partial charge in [0, 0.05) is 19.6 Å². The summed E-state index contributed by atoms with van der Waals surface area (Å²) in [5, 5.41) is 0. The summed E-state index contributed by atoms with van der Waals surface area (Å²) in [7, 11) is 4.85. The molecule has 0 aliphatic rings. The Morgan fingerprint density at radius 1 is 1.05 bits per heavy atom. The lowest BCUT2D eigenvalue weighted by Crippen LogP contribution is -2.28. The monoisotopic (exact) mass is 268 g/mol. The second kappa shape index (κ2) is 7.86. The average molecular weight is 268 g/mol. The van der Waals surface area contributed by atoms with E-state index in [9.17, 15) is 0 Å². The minimum absolute atomic E-state index is 0.621. The van der Waals surface area contributed by atoms with Gasteiger partial charge in [-0.3, -0.25) is 4.90 Å². The van der Waals surface area contributed by atoms with Crippen molar-refractivity contribution in [1.82, 2.24) is 4.90 Å². The fraction of sp³-hybridized carbons (Fsp3) is 0.571. The Morgan fingerprint density at radius 3 is 2.00 bits per heavy atom. The second-order valence-electron chi connectivity index (χ2n) is 4.19. The molecular weight excluding hydrogens is 244 g/mol. The SMILES string of the molecule is CCN(CCN)Cc1cc(OC)c(OC)c(OC)c1. The third-order valence-electron chi connectivity index (χ3n) is 3.02. The van der Waals surface area contributed by atoms with E-state index < -0.39 is 0 Å². The molecule has 5 heteroatoms. The Hall–Kier alpha value is -1.46. The van der Waals surface area contributed by atoms with E-state index in [0.29, 0.717) is 23.8 Å². The van der Waals surface area contributed by atoms with E-state index in [1.54, 1.807) is 21.3 Å². The molecule has 0 spiro atoms. The molecule has 0 saturated heterocycles. The zero-order valence-corrected chi connectivity index (χ0v) is 12.2. The molecule has 108 valence electrons. The quantitative estimate of drug-likeness (QED) is 0.774. The van der Waals surface area contributed by atoms with Gasteiger partial charge in [0.05, 0.1) is 21.3 Å². The summed E-state index contributed by atoms with van der Waals surface area (Å²) in [5.74, 6) is 1.98. The van der Waals surface area contributed by atoms with Gasteiger partial charge in [-0.15, -0.1) is 0 Å². The zero-order valence-electron chi connectivity index (χ0n) is 12.2. The van der Waals surface area contributed by atoms with Gasteiger partial charge in [-0.25, -0.2) is 0 Å². The molecule has 1 aromatic carbocycles. The molecule has 0 unspecified atom stereocenters. The first-order valence-corrected chi connectivity index (χ1v) is 6.41. The Morgan fingerprint density at radius 2 is 1.63 bits per heavy atom. The lowest BCUT2D eigenvalue weighted by Gasteiger charge is -2.21. The van der Waals surface area contributed by atoms with Crippen LogP contribution in [-0.4, -0.2) is 45.9 Å². The van der Waals surface area contributed by atoms with Crippen LogP contribution < -0.4 is 19.9 Å². The van der Waals surface area contributed by atoms with Gasteiger partial charge in [-0.2, -0.15) is 0 Å². The fourth-order valence-electron chi connectivity index (χ4n) is 2.02. The number of ether oxygens (including phenoxy) is 3. The van der Waals surface area contributed by atoms with Crippen molar-refractivity contribution in [3.8, 4) is 17.2 Å². The Kier molecular flexibility index (Phi) is 6.45. The van der Waals surface area contributed by atoms with Crippen molar-refractivity contribution < 1.29 is 14.2 Å². The molecule has 1 aromatic rings. The van der Waals surface area contributed by atoms with E-state index in [-0.39, 0.29) is 0 Å². The molecule has 0 aromatic heterocycles. The Labute approximate surface area is 115 Å². The number of rotatable bonds is 8. The van der Waals surface area contributed by atoms with Crippen LogP contribution in [0.25, 0.3) is 0 Å². The van der Waals surface area contributed by atoms with Crippen LogP contribution in [0.1, 0.15) is 12.5 Å². The second-order valence-corrected chi connectivity index (χ2v) is 4.19. The van der Waals surface area contributed by atoms with Gasteiger partial charge >= 0.3 is 0 Å². The number of methoxy groups -OCH3 is 3. The van der Waals surface area contributed by atoms with Crippen molar-refractivity contribution in [2.75, 3.05) is 41.0 Å². The highest BCUT2D eigenvalue weighted by atomic mass is 16.5. The van der Waals surface area contributed by atoms with Gasteiger partial charge in [-0.1, -0.05) is 6.92 Å². The molecule has 1 rings (SSSR count). The lowest BCUT2D eigenvalue weighted by atomic mass is 10.1. The van der Waals surface area contributed by atoms with E-state index in [1.165, 1.54) is 0 Å². The predicted molar refractivity (Wildman–Crippen MR) is 76.1 cm³/mol. The summed E-state index contributed by atoms with van der Waals surface area (Å²) in [6, 6.07) is 3.95. The number of nitrogens with zero attached hydrogens (tertiary/aromatic N) is 1. The standard InChI is InChI=1S/C14H24N2O3/c1-5-16(7-6-15)10-11-8-12(17-2)14(19-4)13(9-11)18-3/h8-9H,5-7,10,15H2,1-4H3. The van der Waals surface area contributed by atoms with Crippen molar-refractivity contribution in [2.45, 2.75) is 13.5 Å². The topological polar surface area (TPSA) is 57.0 Å². The zero-order chi connectivity index (χ0) is 14.3. The number of hydrogen-bond acceptors (Lipinski definition) is 5. The first kappa shape index (κ1) is 15.6. The van der Waals surface area contributed by atoms with E-state index in [2.05, 4.69) is 11.8 Å². The molecule has 0 fully saturated rings. The normalized spacial score (nSPS) is 10.6. The number of hydrogen-bond donors (Lipinski definition) is 1. The van der Waals surface area contributed by atoms with Crippen LogP contribution in [0.4, 0.5) is 0 Å². The molecule has 0 radical (unpaired) electrons. The summed E-state index contributed by atoms with van der Waals surface area (Å²) in [5.41, 5.74) is 6.72. The molecule has 0 atom stereocenters. The third-order valence-corrected chi connectivity index (χ3v) is 3.02. The highest BCUT2D eigenvalue weighted by Gasteiger charge is 2.14. The first-order chi connectivity index (χ1) is 9.19. The van der Waals surface area contributed by atoms with E-state index in [4.69, 9.17) is 19.9 Å². The molecule has 5 nitrogen and oxygen atoms in total. The highest BCUT2D eigenvalue weighted by molar-refractivity contribution is 5.53. The molecular formula is C14H24N2O3. The average Bonchev–Trinajstić information content (AvgIpc) is 2.45. The summed E-state index contributed by atoms with van der Waals surface area (Å²) >= 11 is 0. The summed E-state index contributed by atoms with van der Waals surface area (Å²) in [6.07, 6.45) is 0. The molecule has 0 saturated carbocycles. The van der Waals surface area contributed by atoms with Crippen LogP contribution in [0.2, 0.25) is 0 Å². The summed E-state index contributed by atoms with van der Waals surface area (Å²) in [6.45, 7) is 5.40. The molecule has 19 heavy (non-hydrogen) atoms. The highest BCUT2D eigenvalue weighted by Crippen LogP contribution is 2.38. The van der Waals surface area contributed by atoms with Crippen LogP contribution >= 0.6 is 0 Å². The van der Waals surface area contributed by atoms with Crippen LogP contribution in [0.5, 0.6) is 17.2 Å². The van der Waals surface area contributed by atoms with E-state index in [0.717, 1.165) is 25.2 Å². The van der Waals surface area contributed by atoms with Crippen molar-refractivity contribution in [1.29, 1.82) is 0 Å². The fourth-order valence-corrected chi connectivity index (χ4v) is 2.02. The van der Waals surface area contributed by atoms with Crippen molar-refractivity contribution in [3.63, 3.8) is 0 Å². The lowest BCUT2D eigenvalue weighted by molar-refractivity contribution is 0.284. The molecule has 0 heterocycles.